The molecule has 0 saturated heterocycles. The van der Waals surface area contributed by atoms with Crippen LogP contribution in [0, 0.1) is 22.2 Å². The molecule has 0 radical (unpaired) electrons. The van der Waals surface area contributed by atoms with Gasteiger partial charge in [-0.3, -0.25) is 9.59 Å². The van der Waals surface area contributed by atoms with Gasteiger partial charge in [0.25, 0.3) is 0 Å². The summed E-state index contributed by atoms with van der Waals surface area (Å²) < 4.78 is 10.3. The van der Waals surface area contributed by atoms with E-state index in [1.807, 2.05) is 48.5 Å². The van der Waals surface area contributed by atoms with Crippen LogP contribution in [0.15, 0.2) is 0 Å². The standard InChI is InChI=1S/C18H34O5/c1-9-22-12-23-15(21)18(8,16(4,5)6)11-10-17(7,13(2)3)14(19)20/h13H,9-12H2,1-8H3,(H,19,20). The van der Waals surface area contributed by atoms with Gasteiger partial charge in [0.2, 0.25) is 0 Å². The van der Waals surface area contributed by atoms with Crippen LogP contribution >= 0.6 is 0 Å². The summed E-state index contributed by atoms with van der Waals surface area (Å²) in [5, 5.41) is 9.58. The van der Waals surface area contributed by atoms with Crippen molar-refractivity contribution in [2.75, 3.05) is 13.4 Å². The van der Waals surface area contributed by atoms with Crippen molar-refractivity contribution in [1.29, 1.82) is 0 Å². The van der Waals surface area contributed by atoms with E-state index in [1.54, 1.807) is 6.92 Å². The van der Waals surface area contributed by atoms with Gasteiger partial charge in [0, 0.05) is 6.61 Å². The van der Waals surface area contributed by atoms with Crippen LogP contribution in [0.1, 0.15) is 68.2 Å². The number of hydrogen-bond donors (Lipinski definition) is 1. The monoisotopic (exact) mass is 330 g/mol. The zero-order valence-electron chi connectivity index (χ0n) is 16.0. The SMILES string of the molecule is CCOCOC(=O)C(C)(CCC(C)(C(=O)O)C(C)C)C(C)(C)C. The zero-order valence-corrected chi connectivity index (χ0v) is 16.0. The van der Waals surface area contributed by atoms with Gasteiger partial charge in [0.15, 0.2) is 6.79 Å². The van der Waals surface area contributed by atoms with Crippen molar-refractivity contribution >= 4 is 11.9 Å². The molecule has 0 aliphatic heterocycles. The highest BCUT2D eigenvalue weighted by atomic mass is 16.7. The Kier molecular flexibility index (Phi) is 7.74. The van der Waals surface area contributed by atoms with Crippen LogP contribution in [-0.4, -0.2) is 30.4 Å². The Balaban J connectivity index is 5.28. The van der Waals surface area contributed by atoms with E-state index in [4.69, 9.17) is 9.47 Å². The predicted octanol–water partition coefficient (Wildman–Crippen LogP) is 4.10. The first kappa shape index (κ1) is 21.9. The average Bonchev–Trinajstić information content (AvgIpc) is 2.42. The van der Waals surface area contributed by atoms with Crippen molar-refractivity contribution in [3.05, 3.63) is 0 Å². The highest BCUT2D eigenvalue weighted by Crippen LogP contribution is 2.46. The summed E-state index contributed by atoms with van der Waals surface area (Å²) in [6.45, 7) is 15.6. The second kappa shape index (κ2) is 8.13. The number of carboxylic acid groups (broad SMARTS) is 1. The number of rotatable bonds is 9. The first-order chi connectivity index (χ1) is 10.3. The smallest absolute Gasteiger partial charge is 0.314 e. The molecule has 0 heterocycles. The first-order valence-corrected chi connectivity index (χ1v) is 8.31. The number of esters is 1. The third kappa shape index (κ3) is 5.20. The fraction of sp³-hybridized carbons (Fsp3) is 0.889. The molecule has 0 aromatic carbocycles. The van der Waals surface area contributed by atoms with Gasteiger partial charge < -0.3 is 14.6 Å². The maximum Gasteiger partial charge on any atom is 0.314 e. The molecule has 0 spiro atoms. The van der Waals surface area contributed by atoms with E-state index in [2.05, 4.69) is 0 Å². The molecule has 2 unspecified atom stereocenters. The Morgan fingerprint density at radius 1 is 1.04 bits per heavy atom. The quantitative estimate of drug-likeness (QED) is 0.391. The van der Waals surface area contributed by atoms with Gasteiger partial charge in [-0.1, -0.05) is 34.6 Å². The Bertz CT molecular complexity index is 410. The van der Waals surface area contributed by atoms with Crippen molar-refractivity contribution < 1.29 is 24.2 Å². The molecule has 0 aliphatic carbocycles. The lowest BCUT2D eigenvalue weighted by atomic mass is 9.62. The van der Waals surface area contributed by atoms with Crippen LogP contribution in [0.25, 0.3) is 0 Å². The van der Waals surface area contributed by atoms with Crippen molar-refractivity contribution in [2.45, 2.75) is 68.2 Å². The molecular formula is C18H34O5. The highest BCUT2D eigenvalue weighted by Gasteiger charge is 2.48. The van der Waals surface area contributed by atoms with E-state index in [1.165, 1.54) is 0 Å². The summed E-state index contributed by atoms with van der Waals surface area (Å²) in [5.41, 5.74) is -2.00. The molecule has 0 aromatic heterocycles. The lowest BCUT2D eigenvalue weighted by Crippen LogP contribution is -2.44. The Hall–Kier alpha value is -1.10. The van der Waals surface area contributed by atoms with E-state index in [0.29, 0.717) is 19.4 Å². The number of ether oxygens (including phenoxy) is 2. The summed E-state index contributed by atoms with van der Waals surface area (Å²) >= 11 is 0. The molecule has 23 heavy (non-hydrogen) atoms. The van der Waals surface area contributed by atoms with Gasteiger partial charge in [0.05, 0.1) is 10.8 Å². The summed E-state index contributed by atoms with van der Waals surface area (Å²) in [6, 6.07) is 0. The largest absolute Gasteiger partial charge is 0.481 e. The second-order valence-corrected chi connectivity index (χ2v) is 8.00. The van der Waals surface area contributed by atoms with Gasteiger partial charge in [-0.2, -0.15) is 0 Å². The summed E-state index contributed by atoms with van der Waals surface area (Å²) in [6.07, 6.45) is 0.861. The van der Waals surface area contributed by atoms with Crippen molar-refractivity contribution in [3.63, 3.8) is 0 Å². The second-order valence-electron chi connectivity index (χ2n) is 8.00. The molecule has 0 saturated carbocycles. The minimum absolute atomic E-state index is 0.0244. The Morgan fingerprint density at radius 2 is 1.57 bits per heavy atom. The number of aliphatic carboxylic acids is 1. The minimum Gasteiger partial charge on any atom is -0.481 e. The third-order valence-corrected chi connectivity index (χ3v) is 5.49. The maximum absolute atomic E-state index is 12.6. The molecule has 1 N–H and O–H groups in total. The molecule has 0 rings (SSSR count). The van der Waals surface area contributed by atoms with Gasteiger partial charge in [-0.15, -0.1) is 0 Å². The lowest BCUT2D eigenvalue weighted by molar-refractivity contribution is -0.176. The van der Waals surface area contributed by atoms with Crippen molar-refractivity contribution in [3.8, 4) is 0 Å². The Morgan fingerprint density at radius 3 is 1.91 bits per heavy atom. The van der Waals surface area contributed by atoms with Crippen LogP contribution in [-0.2, 0) is 19.1 Å². The number of hydrogen-bond acceptors (Lipinski definition) is 4. The van der Waals surface area contributed by atoms with E-state index in [-0.39, 0.29) is 24.1 Å². The molecule has 0 amide bonds. The first-order valence-electron chi connectivity index (χ1n) is 8.31. The van der Waals surface area contributed by atoms with Crippen LogP contribution in [0.2, 0.25) is 0 Å². The molecule has 0 fully saturated rings. The van der Waals surface area contributed by atoms with Gasteiger partial charge in [-0.25, -0.2) is 0 Å². The normalized spacial score (nSPS) is 17.4. The number of carboxylic acids is 1. The van der Waals surface area contributed by atoms with Crippen LogP contribution in [0.4, 0.5) is 0 Å². The fourth-order valence-electron chi connectivity index (χ4n) is 2.27. The molecule has 5 heteroatoms. The van der Waals surface area contributed by atoms with Gasteiger partial charge in [-0.05, 0) is 44.9 Å². The average molecular weight is 330 g/mol. The van der Waals surface area contributed by atoms with E-state index in [0.717, 1.165) is 0 Å². The summed E-state index contributed by atoms with van der Waals surface area (Å²) in [5.74, 6) is -1.19. The van der Waals surface area contributed by atoms with E-state index in [9.17, 15) is 14.7 Å². The van der Waals surface area contributed by atoms with Crippen LogP contribution in [0.5, 0.6) is 0 Å². The van der Waals surface area contributed by atoms with E-state index >= 15 is 0 Å². The zero-order chi connectivity index (χ0) is 18.5. The molecular weight excluding hydrogens is 296 g/mol. The Labute approximate surface area is 140 Å². The molecule has 136 valence electrons. The van der Waals surface area contributed by atoms with E-state index < -0.39 is 16.8 Å². The number of carbonyl (C=O) groups excluding carboxylic acids is 1. The van der Waals surface area contributed by atoms with Gasteiger partial charge >= 0.3 is 11.9 Å². The van der Waals surface area contributed by atoms with Crippen molar-refractivity contribution in [2.24, 2.45) is 22.2 Å². The highest BCUT2D eigenvalue weighted by molar-refractivity contribution is 5.78. The van der Waals surface area contributed by atoms with Crippen molar-refractivity contribution in [1.82, 2.24) is 0 Å². The lowest BCUT2D eigenvalue weighted by Gasteiger charge is -2.42. The molecule has 0 bridgehead atoms. The molecule has 0 aliphatic rings. The summed E-state index contributed by atoms with van der Waals surface area (Å²) in [4.78, 5) is 24.3. The topological polar surface area (TPSA) is 72.8 Å². The molecule has 5 nitrogen and oxygen atoms in total. The third-order valence-electron chi connectivity index (χ3n) is 5.49. The molecule has 0 aromatic rings. The number of carbonyl (C=O) groups is 2. The van der Waals surface area contributed by atoms with Gasteiger partial charge in [0.1, 0.15) is 0 Å². The predicted molar refractivity (Wildman–Crippen MR) is 90.0 cm³/mol. The maximum atomic E-state index is 12.6. The summed E-state index contributed by atoms with van der Waals surface area (Å²) in [7, 11) is 0. The van der Waals surface area contributed by atoms with Crippen LogP contribution < -0.4 is 0 Å². The fourth-order valence-corrected chi connectivity index (χ4v) is 2.27. The minimum atomic E-state index is -0.868. The molecule has 2 atom stereocenters. The van der Waals surface area contributed by atoms with Crippen LogP contribution in [0.3, 0.4) is 0 Å².